The number of allylic oxidation sites excluding steroid dienone is 1. The molecule has 0 aliphatic carbocycles. The van der Waals surface area contributed by atoms with E-state index in [4.69, 9.17) is 0 Å². The molecule has 6 nitrogen and oxygen atoms in total. The predicted octanol–water partition coefficient (Wildman–Crippen LogP) is 10.9. The van der Waals surface area contributed by atoms with Gasteiger partial charge < -0.3 is 25.7 Å². The molecule has 0 rings (SSSR count). The van der Waals surface area contributed by atoms with Gasteiger partial charge in [0.15, 0.2) is 0 Å². The number of unbranched alkanes of at least 4 members (excludes halogenated alkanes) is 26. The van der Waals surface area contributed by atoms with Crippen LogP contribution >= 0.6 is 0 Å². The van der Waals surface area contributed by atoms with Crippen LogP contribution in [-0.4, -0.2) is 57.3 Å². The molecule has 4 atom stereocenters. The van der Waals surface area contributed by atoms with E-state index in [9.17, 15) is 25.2 Å². The van der Waals surface area contributed by atoms with Crippen molar-refractivity contribution >= 4 is 5.91 Å². The average Bonchev–Trinajstić information content (AvgIpc) is 3.09. The molecule has 0 fully saturated rings. The van der Waals surface area contributed by atoms with Crippen molar-refractivity contribution < 1.29 is 25.2 Å². The number of rotatable bonds is 38. The van der Waals surface area contributed by atoms with Crippen LogP contribution in [-0.2, 0) is 4.79 Å². The lowest BCUT2D eigenvalue weighted by Gasteiger charge is -2.27. The molecular weight excluding hydrogens is 610 g/mol. The van der Waals surface area contributed by atoms with Gasteiger partial charge in [0.1, 0.15) is 12.2 Å². The molecule has 0 saturated heterocycles. The Labute approximate surface area is 304 Å². The Bertz CT molecular complexity index is 714. The standard InChI is InChI=1S/C43H85NO5/c1-4-5-6-7-8-9-10-11-12-13-14-15-16-17-18-19-24-27-30-33-36-41(47)43(49)44-39(37-45)42(48)40(46)35-32-29-26-23-21-20-22-25-28-31-34-38(2)3/h30,33,38-42,45-48H,4-29,31-32,34-37H2,1-3H3,(H,44,49)/b33-30+/t39-,40+,41+,42?/m0/s1. The molecule has 0 bridgehead atoms. The fourth-order valence-electron chi connectivity index (χ4n) is 6.71. The van der Waals surface area contributed by atoms with Gasteiger partial charge >= 0.3 is 0 Å². The van der Waals surface area contributed by atoms with E-state index in [1.54, 1.807) is 0 Å². The van der Waals surface area contributed by atoms with Crippen molar-refractivity contribution in [2.45, 2.75) is 244 Å². The molecule has 0 aliphatic rings. The molecule has 5 N–H and O–H groups in total. The molecule has 0 radical (unpaired) electrons. The van der Waals surface area contributed by atoms with Crippen LogP contribution in [0.25, 0.3) is 0 Å². The topological polar surface area (TPSA) is 110 Å². The molecule has 0 aromatic rings. The van der Waals surface area contributed by atoms with Crippen molar-refractivity contribution in [1.29, 1.82) is 0 Å². The van der Waals surface area contributed by atoms with Gasteiger partial charge in [-0.15, -0.1) is 0 Å². The number of hydrogen-bond acceptors (Lipinski definition) is 5. The Balaban J connectivity index is 3.76. The van der Waals surface area contributed by atoms with Gasteiger partial charge in [0.25, 0.3) is 0 Å². The second-order valence-electron chi connectivity index (χ2n) is 15.5. The summed E-state index contributed by atoms with van der Waals surface area (Å²) in [5.41, 5.74) is 0. The fraction of sp³-hybridized carbons (Fsp3) is 0.930. The van der Waals surface area contributed by atoms with E-state index in [1.807, 2.05) is 12.2 Å². The normalized spacial score (nSPS) is 14.4. The van der Waals surface area contributed by atoms with Crippen LogP contribution in [0.2, 0.25) is 0 Å². The maximum absolute atomic E-state index is 12.5. The molecule has 0 saturated carbocycles. The van der Waals surface area contributed by atoms with E-state index < -0.39 is 36.9 Å². The summed E-state index contributed by atoms with van der Waals surface area (Å²) in [5.74, 6) is 0.180. The van der Waals surface area contributed by atoms with E-state index in [2.05, 4.69) is 26.1 Å². The van der Waals surface area contributed by atoms with Crippen molar-refractivity contribution in [2.24, 2.45) is 5.92 Å². The zero-order chi connectivity index (χ0) is 36.2. The maximum atomic E-state index is 12.5. The Hall–Kier alpha value is -0.950. The highest BCUT2D eigenvalue weighted by molar-refractivity contribution is 5.81. The molecule has 292 valence electrons. The smallest absolute Gasteiger partial charge is 0.249 e. The summed E-state index contributed by atoms with van der Waals surface area (Å²) >= 11 is 0. The van der Waals surface area contributed by atoms with E-state index in [-0.39, 0.29) is 6.42 Å². The van der Waals surface area contributed by atoms with Gasteiger partial charge in [-0.05, 0) is 25.2 Å². The summed E-state index contributed by atoms with van der Waals surface area (Å²) < 4.78 is 0. The molecular formula is C43H85NO5. The zero-order valence-electron chi connectivity index (χ0n) is 32.9. The largest absolute Gasteiger partial charge is 0.394 e. The molecule has 1 amide bonds. The van der Waals surface area contributed by atoms with Crippen molar-refractivity contribution in [3.63, 3.8) is 0 Å². The summed E-state index contributed by atoms with van der Waals surface area (Å²) in [5, 5.41) is 43.5. The minimum Gasteiger partial charge on any atom is -0.394 e. The summed E-state index contributed by atoms with van der Waals surface area (Å²) in [6.45, 7) is 6.36. The number of aliphatic hydroxyl groups is 4. The van der Waals surface area contributed by atoms with Gasteiger partial charge in [-0.3, -0.25) is 4.79 Å². The minimum absolute atomic E-state index is 0.194. The average molecular weight is 696 g/mol. The van der Waals surface area contributed by atoms with Gasteiger partial charge in [0.05, 0.1) is 18.8 Å². The van der Waals surface area contributed by atoms with Crippen LogP contribution in [0.1, 0.15) is 220 Å². The van der Waals surface area contributed by atoms with Gasteiger partial charge in [0, 0.05) is 6.42 Å². The van der Waals surface area contributed by atoms with Crippen LogP contribution in [0.5, 0.6) is 0 Å². The van der Waals surface area contributed by atoms with Gasteiger partial charge in [-0.1, -0.05) is 206 Å². The third-order valence-electron chi connectivity index (χ3n) is 10.2. The second-order valence-corrected chi connectivity index (χ2v) is 15.5. The van der Waals surface area contributed by atoms with Crippen LogP contribution < -0.4 is 5.32 Å². The highest BCUT2D eigenvalue weighted by Gasteiger charge is 2.28. The predicted molar refractivity (Wildman–Crippen MR) is 210 cm³/mol. The lowest BCUT2D eigenvalue weighted by Crippen LogP contribution is -2.53. The summed E-state index contributed by atoms with van der Waals surface area (Å²) in [7, 11) is 0. The quantitative estimate of drug-likeness (QED) is 0.0326. The highest BCUT2D eigenvalue weighted by Crippen LogP contribution is 2.17. The summed E-state index contributed by atoms with van der Waals surface area (Å²) in [4.78, 5) is 12.5. The Kier molecular flexibility index (Phi) is 36.1. The van der Waals surface area contributed by atoms with Gasteiger partial charge in [-0.2, -0.15) is 0 Å². The number of carbonyl (C=O) groups is 1. The van der Waals surface area contributed by atoms with Crippen molar-refractivity contribution in [1.82, 2.24) is 5.32 Å². The van der Waals surface area contributed by atoms with Crippen LogP contribution in [0, 0.1) is 5.92 Å². The zero-order valence-corrected chi connectivity index (χ0v) is 32.9. The molecule has 49 heavy (non-hydrogen) atoms. The first-order valence-corrected chi connectivity index (χ1v) is 21.4. The second kappa shape index (κ2) is 36.8. The van der Waals surface area contributed by atoms with Gasteiger partial charge in [0.2, 0.25) is 5.91 Å². The first-order valence-electron chi connectivity index (χ1n) is 21.4. The number of hydrogen-bond donors (Lipinski definition) is 5. The van der Waals surface area contributed by atoms with Crippen LogP contribution in [0.15, 0.2) is 12.2 Å². The highest BCUT2D eigenvalue weighted by atomic mass is 16.3. The molecule has 0 heterocycles. The molecule has 0 aromatic carbocycles. The fourth-order valence-corrected chi connectivity index (χ4v) is 6.71. The molecule has 0 aliphatic heterocycles. The van der Waals surface area contributed by atoms with Crippen molar-refractivity contribution in [3.8, 4) is 0 Å². The number of nitrogens with one attached hydrogen (secondary N) is 1. The number of aliphatic hydroxyl groups excluding tert-OH is 4. The Morgan fingerprint density at radius 1 is 0.551 bits per heavy atom. The SMILES string of the molecule is CCCCCCCCCCCCCCCCCCC/C=C/C[C@@H](O)C(=O)N[C@@H](CO)C(O)[C@H](O)CCCCCCCCCCCCC(C)C. The number of amides is 1. The summed E-state index contributed by atoms with van der Waals surface area (Å²) in [6.07, 6.45) is 38.3. The molecule has 0 aromatic heterocycles. The number of carbonyl (C=O) groups excluding carboxylic acids is 1. The van der Waals surface area contributed by atoms with Crippen LogP contribution in [0.4, 0.5) is 0 Å². The van der Waals surface area contributed by atoms with E-state index in [1.165, 1.54) is 154 Å². The Morgan fingerprint density at radius 3 is 1.35 bits per heavy atom. The van der Waals surface area contributed by atoms with Crippen molar-refractivity contribution in [3.05, 3.63) is 12.2 Å². The lowest BCUT2D eigenvalue weighted by atomic mass is 9.99. The summed E-state index contributed by atoms with van der Waals surface area (Å²) in [6, 6.07) is -1.00. The maximum Gasteiger partial charge on any atom is 0.249 e. The monoisotopic (exact) mass is 696 g/mol. The molecule has 1 unspecified atom stereocenters. The first kappa shape index (κ1) is 48.0. The van der Waals surface area contributed by atoms with Crippen LogP contribution in [0.3, 0.4) is 0 Å². The minimum atomic E-state index is -1.27. The van der Waals surface area contributed by atoms with E-state index in [0.717, 1.165) is 38.0 Å². The molecule has 0 spiro atoms. The molecule has 6 heteroatoms. The third kappa shape index (κ3) is 32.7. The first-order chi connectivity index (χ1) is 23.8. The van der Waals surface area contributed by atoms with E-state index in [0.29, 0.717) is 6.42 Å². The van der Waals surface area contributed by atoms with Gasteiger partial charge in [-0.25, -0.2) is 0 Å². The third-order valence-corrected chi connectivity index (χ3v) is 10.2. The Morgan fingerprint density at radius 2 is 0.939 bits per heavy atom. The lowest BCUT2D eigenvalue weighted by molar-refractivity contribution is -0.132. The van der Waals surface area contributed by atoms with E-state index >= 15 is 0 Å². The van der Waals surface area contributed by atoms with Crippen molar-refractivity contribution in [2.75, 3.05) is 6.61 Å².